The number of amides is 1. The molecule has 1 saturated heterocycles. The van der Waals surface area contributed by atoms with Crippen LogP contribution in [0.25, 0.3) is 0 Å². The third kappa shape index (κ3) is 5.06. The van der Waals surface area contributed by atoms with Crippen LogP contribution in [0.4, 0.5) is 0 Å². The second-order valence-corrected chi connectivity index (χ2v) is 7.40. The lowest BCUT2D eigenvalue weighted by molar-refractivity contribution is -0.120. The minimum Gasteiger partial charge on any atom is -0.376 e. The van der Waals surface area contributed by atoms with Gasteiger partial charge in [-0.15, -0.1) is 0 Å². The van der Waals surface area contributed by atoms with Crippen molar-refractivity contribution in [2.75, 3.05) is 19.7 Å². The fourth-order valence-corrected chi connectivity index (χ4v) is 3.20. The van der Waals surface area contributed by atoms with Crippen LogP contribution < -0.4 is 10.0 Å². The normalized spacial score (nSPS) is 18.6. The minimum absolute atomic E-state index is 0.0389. The molecule has 0 saturated carbocycles. The van der Waals surface area contributed by atoms with Gasteiger partial charge in [0.1, 0.15) is 0 Å². The third-order valence-corrected chi connectivity index (χ3v) is 5.04. The van der Waals surface area contributed by atoms with Crippen LogP contribution in [0.1, 0.15) is 12.8 Å². The molecule has 21 heavy (non-hydrogen) atoms. The van der Waals surface area contributed by atoms with Crippen LogP contribution in [0.5, 0.6) is 0 Å². The lowest BCUT2D eigenvalue weighted by atomic mass is 10.2. The molecular formula is C13H17BrN2O4S. The van der Waals surface area contributed by atoms with Crippen LogP contribution in [0.2, 0.25) is 0 Å². The summed E-state index contributed by atoms with van der Waals surface area (Å²) in [6.07, 6.45) is 1.96. The quantitative estimate of drug-likeness (QED) is 0.776. The van der Waals surface area contributed by atoms with E-state index in [1.165, 1.54) is 12.1 Å². The largest absolute Gasteiger partial charge is 0.376 e. The highest BCUT2D eigenvalue weighted by Gasteiger charge is 2.18. The fourth-order valence-electron chi connectivity index (χ4n) is 1.95. The maximum absolute atomic E-state index is 12.0. The number of hydrogen-bond donors (Lipinski definition) is 2. The summed E-state index contributed by atoms with van der Waals surface area (Å²) >= 11 is 3.24. The average molecular weight is 377 g/mol. The first kappa shape index (κ1) is 16.4. The highest BCUT2D eigenvalue weighted by molar-refractivity contribution is 9.10. The highest BCUT2D eigenvalue weighted by Crippen LogP contribution is 2.14. The second-order valence-electron chi connectivity index (χ2n) is 4.72. The molecule has 1 aliphatic rings. The van der Waals surface area contributed by atoms with Gasteiger partial charge in [0, 0.05) is 17.6 Å². The maximum atomic E-state index is 12.0. The Hall–Kier alpha value is -0.960. The van der Waals surface area contributed by atoms with Crippen LogP contribution >= 0.6 is 15.9 Å². The van der Waals surface area contributed by atoms with Gasteiger partial charge in [0.05, 0.1) is 17.5 Å². The van der Waals surface area contributed by atoms with Crippen LogP contribution in [-0.2, 0) is 19.6 Å². The Morgan fingerprint density at radius 1 is 1.33 bits per heavy atom. The number of benzene rings is 1. The van der Waals surface area contributed by atoms with Crippen LogP contribution in [0.15, 0.2) is 33.6 Å². The molecule has 116 valence electrons. The summed E-state index contributed by atoms with van der Waals surface area (Å²) in [5, 5.41) is 2.66. The monoisotopic (exact) mass is 376 g/mol. The van der Waals surface area contributed by atoms with Gasteiger partial charge in [-0.3, -0.25) is 4.79 Å². The van der Waals surface area contributed by atoms with E-state index in [9.17, 15) is 13.2 Å². The summed E-state index contributed by atoms with van der Waals surface area (Å²) in [5.41, 5.74) is 0. The van der Waals surface area contributed by atoms with Gasteiger partial charge < -0.3 is 10.1 Å². The summed E-state index contributed by atoms with van der Waals surface area (Å²) in [5.74, 6) is -0.369. The molecular weight excluding hydrogens is 360 g/mol. The van der Waals surface area contributed by atoms with Gasteiger partial charge in [0.15, 0.2) is 0 Å². The van der Waals surface area contributed by atoms with Crippen LogP contribution in [0, 0.1) is 0 Å². The van der Waals surface area contributed by atoms with E-state index in [-0.39, 0.29) is 23.5 Å². The summed E-state index contributed by atoms with van der Waals surface area (Å²) in [7, 11) is -3.67. The van der Waals surface area contributed by atoms with E-state index in [2.05, 4.69) is 26.0 Å². The summed E-state index contributed by atoms with van der Waals surface area (Å²) < 4.78 is 32.4. The topological polar surface area (TPSA) is 84.5 Å². The predicted octanol–water partition coefficient (Wildman–Crippen LogP) is 1.02. The molecule has 0 spiro atoms. The summed E-state index contributed by atoms with van der Waals surface area (Å²) in [6, 6.07) is 6.20. The van der Waals surface area contributed by atoms with Gasteiger partial charge in [-0.2, -0.15) is 0 Å². The number of rotatable bonds is 6. The molecule has 1 atom stereocenters. The van der Waals surface area contributed by atoms with Gasteiger partial charge in [0.25, 0.3) is 0 Å². The average Bonchev–Trinajstić information content (AvgIpc) is 2.97. The standard InChI is InChI=1S/C13H17BrN2O4S/c14-10-3-5-12(6-4-10)21(18,19)16-9-13(17)15-8-11-2-1-7-20-11/h3-6,11,16H,1-2,7-9H2,(H,15,17). The first-order valence-corrected chi connectivity index (χ1v) is 8.88. The van der Waals surface area contributed by atoms with Crippen molar-refractivity contribution in [1.82, 2.24) is 10.0 Å². The lowest BCUT2D eigenvalue weighted by Gasteiger charge is -2.11. The first-order valence-electron chi connectivity index (χ1n) is 6.61. The van der Waals surface area contributed by atoms with E-state index in [1.807, 2.05) is 0 Å². The molecule has 1 aromatic rings. The Labute approximate surface area is 132 Å². The van der Waals surface area contributed by atoms with Crippen molar-refractivity contribution in [2.45, 2.75) is 23.8 Å². The van der Waals surface area contributed by atoms with Gasteiger partial charge in [-0.1, -0.05) is 15.9 Å². The Kier molecular flexibility index (Phi) is 5.74. The Morgan fingerprint density at radius 2 is 2.05 bits per heavy atom. The molecule has 1 aliphatic heterocycles. The van der Waals surface area contributed by atoms with E-state index in [1.54, 1.807) is 12.1 Å². The maximum Gasteiger partial charge on any atom is 0.241 e. The van der Waals surface area contributed by atoms with Crippen LogP contribution in [0.3, 0.4) is 0 Å². The Bertz CT molecular complexity index is 583. The zero-order valence-corrected chi connectivity index (χ0v) is 13.7. The van der Waals surface area contributed by atoms with Crippen molar-refractivity contribution in [3.05, 3.63) is 28.7 Å². The number of carbonyl (C=O) groups excluding carboxylic acids is 1. The molecule has 1 aromatic carbocycles. The van der Waals surface area contributed by atoms with E-state index in [4.69, 9.17) is 4.74 Å². The number of halogens is 1. The molecule has 0 aromatic heterocycles. The third-order valence-electron chi connectivity index (χ3n) is 3.10. The smallest absolute Gasteiger partial charge is 0.241 e. The first-order chi connectivity index (χ1) is 9.97. The summed E-state index contributed by atoms with van der Waals surface area (Å²) in [6.45, 7) is 0.848. The van der Waals surface area contributed by atoms with Crippen molar-refractivity contribution in [2.24, 2.45) is 0 Å². The second kappa shape index (κ2) is 7.35. The molecule has 1 amide bonds. The number of ether oxygens (including phenoxy) is 1. The van der Waals surface area contributed by atoms with Gasteiger partial charge in [-0.25, -0.2) is 13.1 Å². The fraction of sp³-hybridized carbons (Fsp3) is 0.462. The zero-order valence-electron chi connectivity index (χ0n) is 11.3. The number of carbonyl (C=O) groups is 1. The molecule has 0 bridgehead atoms. The SMILES string of the molecule is O=C(CNS(=O)(=O)c1ccc(Br)cc1)NCC1CCCO1. The van der Waals surface area contributed by atoms with Crippen molar-refractivity contribution in [3.8, 4) is 0 Å². The molecule has 2 rings (SSSR count). The van der Waals surface area contributed by atoms with Crippen molar-refractivity contribution in [3.63, 3.8) is 0 Å². The van der Waals surface area contributed by atoms with Crippen LogP contribution in [-0.4, -0.2) is 40.1 Å². The number of nitrogens with one attached hydrogen (secondary N) is 2. The Morgan fingerprint density at radius 3 is 2.67 bits per heavy atom. The van der Waals surface area contributed by atoms with Crippen molar-refractivity contribution in [1.29, 1.82) is 0 Å². The van der Waals surface area contributed by atoms with Crippen molar-refractivity contribution >= 4 is 31.9 Å². The van der Waals surface area contributed by atoms with Crippen molar-refractivity contribution < 1.29 is 17.9 Å². The van der Waals surface area contributed by atoms with Gasteiger partial charge in [-0.05, 0) is 37.1 Å². The van der Waals surface area contributed by atoms with E-state index in [0.717, 1.165) is 23.9 Å². The highest BCUT2D eigenvalue weighted by atomic mass is 79.9. The predicted molar refractivity (Wildman–Crippen MR) is 81.3 cm³/mol. The molecule has 8 heteroatoms. The molecule has 1 fully saturated rings. The number of hydrogen-bond acceptors (Lipinski definition) is 4. The lowest BCUT2D eigenvalue weighted by Crippen LogP contribution is -2.39. The number of sulfonamides is 1. The molecule has 0 aliphatic carbocycles. The van der Waals surface area contributed by atoms with Gasteiger partial charge in [0.2, 0.25) is 15.9 Å². The zero-order chi connectivity index (χ0) is 15.3. The van der Waals surface area contributed by atoms with E-state index >= 15 is 0 Å². The Balaban J connectivity index is 1.80. The summed E-state index contributed by atoms with van der Waals surface area (Å²) in [4.78, 5) is 11.8. The molecule has 1 heterocycles. The molecule has 0 radical (unpaired) electrons. The molecule has 6 nitrogen and oxygen atoms in total. The minimum atomic E-state index is -3.67. The molecule has 1 unspecified atom stereocenters. The molecule has 2 N–H and O–H groups in total. The van der Waals surface area contributed by atoms with E-state index < -0.39 is 10.0 Å². The van der Waals surface area contributed by atoms with Gasteiger partial charge >= 0.3 is 0 Å². The van der Waals surface area contributed by atoms with E-state index in [0.29, 0.717) is 6.54 Å².